The van der Waals surface area contributed by atoms with Crippen molar-refractivity contribution < 1.29 is 4.42 Å². The lowest BCUT2D eigenvalue weighted by molar-refractivity contribution is 0.672. The maximum absolute atomic E-state index is 6.56. The second-order valence-electron chi connectivity index (χ2n) is 11.2. The second kappa shape index (κ2) is 10.2. The molecule has 0 spiro atoms. The van der Waals surface area contributed by atoms with E-state index in [-0.39, 0.29) is 0 Å². The highest BCUT2D eigenvalue weighted by atomic mass is 16.3. The Hall–Kier alpha value is -6.13. The lowest BCUT2D eigenvalue weighted by Crippen LogP contribution is -1.96. The molecule has 3 aromatic heterocycles. The van der Waals surface area contributed by atoms with Gasteiger partial charge in [0, 0.05) is 38.4 Å². The minimum Gasteiger partial charge on any atom is -0.455 e. The minimum atomic E-state index is 0.663. The zero-order valence-electron chi connectivity index (χ0n) is 24.2. The Balaban J connectivity index is 1.30. The molecule has 9 rings (SSSR count). The molecule has 0 radical (unpaired) electrons. The lowest BCUT2D eigenvalue weighted by atomic mass is 9.97. The maximum atomic E-state index is 6.56. The first kappa shape index (κ1) is 25.4. The summed E-state index contributed by atoms with van der Waals surface area (Å²) in [5, 5.41) is 5.40. The highest BCUT2D eigenvalue weighted by Crippen LogP contribution is 2.41. The summed E-state index contributed by atoms with van der Waals surface area (Å²) >= 11 is 0. The number of nitrogens with zero attached hydrogens (tertiary/aromatic N) is 3. The SMILES string of the molecule is c1ccc(-c2cc(-c3ccccc3)nc(-c3cccc(-c4nc5ccccc5c5ccc6c7ccccc7oc6c45)c3)n2)cc1. The van der Waals surface area contributed by atoms with E-state index < -0.39 is 0 Å². The average Bonchev–Trinajstić information content (AvgIpc) is 3.51. The summed E-state index contributed by atoms with van der Waals surface area (Å²) < 4.78 is 6.56. The first-order valence-electron chi connectivity index (χ1n) is 15.0. The molecule has 6 aromatic carbocycles. The normalized spacial score (nSPS) is 11.6. The number of hydrogen-bond donors (Lipinski definition) is 0. The van der Waals surface area contributed by atoms with Crippen LogP contribution < -0.4 is 0 Å². The molecule has 4 heteroatoms. The molecular formula is C41H25N3O. The molecule has 0 saturated carbocycles. The van der Waals surface area contributed by atoms with Crippen molar-refractivity contribution in [2.24, 2.45) is 0 Å². The van der Waals surface area contributed by atoms with Gasteiger partial charge < -0.3 is 4.42 Å². The van der Waals surface area contributed by atoms with Crippen molar-refractivity contribution in [2.75, 3.05) is 0 Å². The zero-order chi connectivity index (χ0) is 29.7. The number of aromatic nitrogens is 3. The van der Waals surface area contributed by atoms with Crippen LogP contribution in [-0.4, -0.2) is 15.0 Å². The van der Waals surface area contributed by atoms with Crippen molar-refractivity contribution in [3.8, 4) is 45.2 Å². The van der Waals surface area contributed by atoms with Gasteiger partial charge in [0.1, 0.15) is 11.2 Å². The maximum Gasteiger partial charge on any atom is 0.160 e. The zero-order valence-corrected chi connectivity index (χ0v) is 24.2. The molecule has 4 nitrogen and oxygen atoms in total. The predicted octanol–water partition coefficient (Wildman–Crippen LogP) is 10.7. The van der Waals surface area contributed by atoms with E-state index in [1.165, 1.54) is 0 Å². The predicted molar refractivity (Wildman–Crippen MR) is 184 cm³/mol. The molecule has 0 saturated heterocycles. The summed E-state index contributed by atoms with van der Waals surface area (Å²) in [6, 6.07) is 51.9. The van der Waals surface area contributed by atoms with Gasteiger partial charge in [-0.2, -0.15) is 0 Å². The van der Waals surface area contributed by atoms with Crippen molar-refractivity contribution >= 4 is 43.6 Å². The Morgan fingerprint density at radius 2 is 1.00 bits per heavy atom. The molecule has 0 aliphatic carbocycles. The van der Waals surface area contributed by atoms with Crippen LogP contribution in [0, 0.1) is 0 Å². The third kappa shape index (κ3) is 4.27. The fourth-order valence-corrected chi connectivity index (χ4v) is 6.33. The van der Waals surface area contributed by atoms with E-state index in [0.717, 1.165) is 82.9 Å². The van der Waals surface area contributed by atoms with Gasteiger partial charge in [0.2, 0.25) is 0 Å². The number of hydrogen-bond acceptors (Lipinski definition) is 4. The smallest absolute Gasteiger partial charge is 0.160 e. The molecular weight excluding hydrogens is 550 g/mol. The van der Waals surface area contributed by atoms with Gasteiger partial charge in [-0.3, -0.25) is 0 Å². The van der Waals surface area contributed by atoms with Crippen LogP contribution in [0.3, 0.4) is 0 Å². The topological polar surface area (TPSA) is 51.8 Å². The quantitative estimate of drug-likeness (QED) is 0.196. The molecule has 0 aliphatic rings. The van der Waals surface area contributed by atoms with Crippen LogP contribution in [0.4, 0.5) is 0 Å². The Labute approximate surface area is 259 Å². The second-order valence-corrected chi connectivity index (χ2v) is 11.2. The van der Waals surface area contributed by atoms with Crippen LogP contribution in [0.2, 0.25) is 0 Å². The van der Waals surface area contributed by atoms with Crippen LogP contribution in [0.5, 0.6) is 0 Å². The Morgan fingerprint density at radius 1 is 0.400 bits per heavy atom. The summed E-state index contributed by atoms with van der Waals surface area (Å²) in [6.07, 6.45) is 0. The van der Waals surface area contributed by atoms with Crippen LogP contribution in [0.1, 0.15) is 0 Å². The molecule has 0 atom stereocenters. The molecule has 0 amide bonds. The first-order valence-corrected chi connectivity index (χ1v) is 15.0. The third-order valence-corrected chi connectivity index (χ3v) is 8.47. The number of rotatable bonds is 4. The van der Waals surface area contributed by atoms with Crippen molar-refractivity contribution in [3.63, 3.8) is 0 Å². The van der Waals surface area contributed by atoms with Crippen LogP contribution >= 0.6 is 0 Å². The van der Waals surface area contributed by atoms with Gasteiger partial charge in [0.25, 0.3) is 0 Å². The number of para-hydroxylation sites is 2. The van der Waals surface area contributed by atoms with E-state index in [1.54, 1.807) is 0 Å². The Morgan fingerprint density at radius 3 is 1.76 bits per heavy atom. The Bertz CT molecular complexity index is 2480. The molecule has 0 aliphatic heterocycles. The van der Waals surface area contributed by atoms with E-state index in [0.29, 0.717) is 5.82 Å². The molecule has 3 heterocycles. The largest absolute Gasteiger partial charge is 0.455 e. The van der Waals surface area contributed by atoms with Gasteiger partial charge in [-0.15, -0.1) is 0 Å². The van der Waals surface area contributed by atoms with Crippen molar-refractivity contribution in [1.29, 1.82) is 0 Å². The van der Waals surface area contributed by atoms with Gasteiger partial charge >= 0.3 is 0 Å². The summed E-state index contributed by atoms with van der Waals surface area (Å²) in [5.74, 6) is 0.663. The van der Waals surface area contributed by atoms with Crippen LogP contribution in [0.15, 0.2) is 156 Å². The highest BCUT2D eigenvalue weighted by molar-refractivity contribution is 6.23. The molecule has 0 N–H and O–H groups in total. The van der Waals surface area contributed by atoms with Crippen molar-refractivity contribution in [2.45, 2.75) is 0 Å². The monoisotopic (exact) mass is 575 g/mol. The summed E-state index contributed by atoms with van der Waals surface area (Å²) in [7, 11) is 0. The van der Waals surface area contributed by atoms with E-state index in [4.69, 9.17) is 19.4 Å². The molecule has 45 heavy (non-hydrogen) atoms. The fourth-order valence-electron chi connectivity index (χ4n) is 6.33. The molecule has 0 fully saturated rings. The number of furan rings is 1. The van der Waals surface area contributed by atoms with Gasteiger partial charge in [-0.25, -0.2) is 15.0 Å². The Kier molecular flexibility index (Phi) is 5.78. The first-order chi connectivity index (χ1) is 22.3. The number of fused-ring (bicyclic) bond motifs is 7. The number of benzene rings is 6. The molecule has 9 aromatic rings. The van der Waals surface area contributed by atoms with E-state index in [1.807, 2.05) is 54.6 Å². The lowest BCUT2D eigenvalue weighted by Gasteiger charge is -2.13. The average molecular weight is 576 g/mol. The highest BCUT2D eigenvalue weighted by Gasteiger charge is 2.19. The number of pyridine rings is 1. The summed E-state index contributed by atoms with van der Waals surface area (Å²) in [6.45, 7) is 0. The van der Waals surface area contributed by atoms with Gasteiger partial charge in [-0.1, -0.05) is 121 Å². The minimum absolute atomic E-state index is 0.663. The standard InChI is InChI=1S/C41H25N3O/c1-3-12-26(13-4-1)35-25-36(27-14-5-2-6-15-27)44-41(43-35)29-17-11-16-28(24-29)39-38-32(30-18-7-9-20-34(30)42-39)22-23-33-31-19-8-10-21-37(31)45-40(33)38/h1-25H. The van der Waals surface area contributed by atoms with Crippen LogP contribution in [-0.2, 0) is 0 Å². The summed E-state index contributed by atoms with van der Waals surface area (Å²) in [4.78, 5) is 15.4. The summed E-state index contributed by atoms with van der Waals surface area (Å²) in [5.41, 5.74) is 9.27. The molecule has 0 unspecified atom stereocenters. The van der Waals surface area contributed by atoms with Gasteiger partial charge in [-0.05, 0) is 35.7 Å². The van der Waals surface area contributed by atoms with Crippen LogP contribution in [0.25, 0.3) is 88.8 Å². The van der Waals surface area contributed by atoms with Gasteiger partial charge in [0.05, 0.1) is 28.0 Å². The van der Waals surface area contributed by atoms with E-state index in [9.17, 15) is 0 Å². The van der Waals surface area contributed by atoms with E-state index >= 15 is 0 Å². The third-order valence-electron chi connectivity index (χ3n) is 8.47. The van der Waals surface area contributed by atoms with Gasteiger partial charge in [0.15, 0.2) is 5.82 Å². The van der Waals surface area contributed by atoms with E-state index in [2.05, 4.69) is 97.1 Å². The molecule has 0 bridgehead atoms. The fraction of sp³-hybridized carbons (Fsp3) is 0. The van der Waals surface area contributed by atoms with Crippen molar-refractivity contribution in [1.82, 2.24) is 15.0 Å². The molecule has 210 valence electrons. The van der Waals surface area contributed by atoms with Crippen molar-refractivity contribution in [3.05, 3.63) is 152 Å².